The lowest BCUT2D eigenvalue weighted by atomic mass is 10.1. The summed E-state index contributed by atoms with van der Waals surface area (Å²) in [5.41, 5.74) is 3.73. The van der Waals surface area contributed by atoms with Crippen molar-refractivity contribution in [2.45, 2.75) is 58.4 Å². The van der Waals surface area contributed by atoms with E-state index < -0.39 is 0 Å². The first-order chi connectivity index (χ1) is 9.61. The molecular formula is C16H25N3O. The fraction of sp³-hybridized carbons (Fsp3) is 0.688. The third kappa shape index (κ3) is 2.96. The molecule has 2 aliphatic rings. The van der Waals surface area contributed by atoms with Gasteiger partial charge in [-0.25, -0.2) is 0 Å². The highest BCUT2D eigenvalue weighted by Gasteiger charge is 2.34. The third-order valence-electron chi connectivity index (χ3n) is 4.18. The fourth-order valence-corrected chi connectivity index (χ4v) is 3.13. The highest BCUT2D eigenvalue weighted by atomic mass is 16.5. The highest BCUT2D eigenvalue weighted by molar-refractivity contribution is 5.54. The molecule has 0 amide bonds. The normalized spacial score (nSPS) is 25.5. The Labute approximate surface area is 121 Å². The van der Waals surface area contributed by atoms with Crippen LogP contribution in [-0.4, -0.2) is 36.3 Å². The number of hydrogen-bond acceptors (Lipinski definition) is 4. The van der Waals surface area contributed by atoms with Crippen molar-refractivity contribution in [3.8, 4) is 0 Å². The Morgan fingerprint density at radius 2 is 2.05 bits per heavy atom. The second-order valence-corrected chi connectivity index (χ2v) is 6.35. The monoisotopic (exact) mass is 275 g/mol. The molecular weight excluding hydrogens is 250 g/mol. The Morgan fingerprint density at radius 3 is 2.70 bits per heavy atom. The van der Waals surface area contributed by atoms with Gasteiger partial charge in [0, 0.05) is 48.8 Å². The molecule has 3 rings (SSSR count). The maximum absolute atomic E-state index is 5.94. The van der Waals surface area contributed by atoms with Crippen molar-refractivity contribution in [1.82, 2.24) is 10.3 Å². The summed E-state index contributed by atoms with van der Waals surface area (Å²) in [6.07, 6.45) is 5.30. The lowest BCUT2D eigenvalue weighted by Gasteiger charge is -2.35. The molecule has 4 nitrogen and oxygen atoms in total. The zero-order valence-corrected chi connectivity index (χ0v) is 12.7. The Bertz CT molecular complexity index is 463. The van der Waals surface area contributed by atoms with Crippen molar-refractivity contribution in [3.05, 3.63) is 23.5 Å². The van der Waals surface area contributed by atoms with Crippen LogP contribution in [0.1, 0.15) is 37.9 Å². The lowest BCUT2D eigenvalue weighted by Crippen LogP contribution is -2.43. The number of ether oxygens (including phenoxy) is 1. The molecule has 1 N–H and O–H groups in total. The molecule has 0 radical (unpaired) electrons. The minimum Gasteiger partial charge on any atom is -0.371 e. The highest BCUT2D eigenvalue weighted by Crippen LogP contribution is 2.31. The minimum atomic E-state index is 0.424. The molecule has 2 atom stereocenters. The quantitative estimate of drug-likeness (QED) is 0.914. The van der Waals surface area contributed by atoms with Gasteiger partial charge >= 0.3 is 0 Å². The van der Waals surface area contributed by atoms with Crippen molar-refractivity contribution in [2.24, 2.45) is 0 Å². The van der Waals surface area contributed by atoms with E-state index >= 15 is 0 Å². The summed E-state index contributed by atoms with van der Waals surface area (Å²) in [7, 11) is 0. The van der Waals surface area contributed by atoms with Crippen LogP contribution in [0.5, 0.6) is 0 Å². The summed E-state index contributed by atoms with van der Waals surface area (Å²) in [5, 5.41) is 3.50. The van der Waals surface area contributed by atoms with E-state index in [-0.39, 0.29) is 0 Å². The first-order valence-corrected chi connectivity index (χ1v) is 7.71. The van der Waals surface area contributed by atoms with Gasteiger partial charge in [-0.1, -0.05) is 13.8 Å². The molecule has 0 saturated carbocycles. The Morgan fingerprint density at radius 1 is 1.35 bits per heavy atom. The van der Waals surface area contributed by atoms with Gasteiger partial charge in [0.15, 0.2) is 0 Å². The van der Waals surface area contributed by atoms with Crippen LogP contribution in [0.4, 0.5) is 5.69 Å². The van der Waals surface area contributed by atoms with E-state index in [1.807, 2.05) is 6.20 Å². The van der Waals surface area contributed by atoms with E-state index in [9.17, 15) is 0 Å². The second kappa shape index (κ2) is 5.70. The Hall–Kier alpha value is -1.13. The van der Waals surface area contributed by atoms with Crippen molar-refractivity contribution in [3.63, 3.8) is 0 Å². The molecule has 110 valence electrons. The Balaban J connectivity index is 1.81. The number of hydrogen-bond donors (Lipinski definition) is 1. The number of pyridine rings is 1. The van der Waals surface area contributed by atoms with Crippen LogP contribution in [0, 0.1) is 6.92 Å². The zero-order valence-electron chi connectivity index (χ0n) is 12.7. The van der Waals surface area contributed by atoms with Gasteiger partial charge in [0.25, 0.3) is 0 Å². The summed E-state index contributed by atoms with van der Waals surface area (Å²) < 4.78 is 5.94. The number of nitrogens with zero attached hydrogens (tertiary/aromatic N) is 2. The van der Waals surface area contributed by atoms with E-state index in [1.165, 1.54) is 24.1 Å². The molecule has 3 heterocycles. The Kier molecular flexibility index (Phi) is 3.94. The average Bonchev–Trinajstić information content (AvgIpc) is 2.76. The van der Waals surface area contributed by atoms with Gasteiger partial charge in [0.05, 0.1) is 12.2 Å². The van der Waals surface area contributed by atoms with E-state index in [0.29, 0.717) is 18.2 Å². The van der Waals surface area contributed by atoms with Gasteiger partial charge in [-0.15, -0.1) is 0 Å². The predicted octanol–water partition coefficient (Wildman–Crippen LogP) is 2.26. The summed E-state index contributed by atoms with van der Waals surface area (Å²) in [6.45, 7) is 9.35. The van der Waals surface area contributed by atoms with Gasteiger partial charge in [-0.05, 0) is 25.8 Å². The molecule has 2 fully saturated rings. The van der Waals surface area contributed by atoms with Gasteiger partial charge in [0.2, 0.25) is 0 Å². The number of aromatic nitrogens is 1. The molecule has 2 unspecified atom stereocenters. The number of rotatable bonds is 4. The molecule has 2 aliphatic heterocycles. The van der Waals surface area contributed by atoms with Crippen LogP contribution in [0.3, 0.4) is 0 Å². The molecule has 2 saturated heterocycles. The van der Waals surface area contributed by atoms with Gasteiger partial charge in [0.1, 0.15) is 0 Å². The van der Waals surface area contributed by atoms with E-state index in [1.54, 1.807) is 0 Å². The number of aryl methyl sites for hydroxylation is 1. The standard InChI is InChI=1S/C16H25N3O/c1-11(2)17-7-13-8-18-12(3)6-16(13)19-9-14-4-5-15(10-19)20-14/h6,8,11,14-15,17H,4-5,7,9-10H2,1-3H3. The van der Waals surface area contributed by atoms with Gasteiger partial charge in [-0.2, -0.15) is 0 Å². The molecule has 20 heavy (non-hydrogen) atoms. The molecule has 1 aromatic rings. The van der Waals surface area contributed by atoms with Crippen LogP contribution in [0.15, 0.2) is 12.3 Å². The van der Waals surface area contributed by atoms with Gasteiger partial charge < -0.3 is 15.0 Å². The maximum Gasteiger partial charge on any atom is 0.0755 e. The molecule has 0 aliphatic carbocycles. The van der Waals surface area contributed by atoms with Crippen molar-refractivity contribution in [1.29, 1.82) is 0 Å². The number of nitrogens with one attached hydrogen (secondary N) is 1. The SMILES string of the molecule is Cc1cc(N2CC3CCC(C2)O3)c(CNC(C)C)cn1. The summed E-state index contributed by atoms with van der Waals surface area (Å²) in [4.78, 5) is 6.97. The molecule has 0 aromatic carbocycles. The minimum absolute atomic E-state index is 0.424. The fourth-order valence-electron chi connectivity index (χ4n) is 3.13. The summed E-state index contributed by atoms with van der Waals surface area (Å²) >= 11 is 0. The first-order valence-electron chi connectivity index (χ1n) is 7.71. The van der Waals surface area contributed by atoms with Crippen molar-refractivity contribution < 1.29 is 4.74 Å². The number of morpholine rings is 1. The molecule has 0 spiro atoms. The van der Waals surface area contributed by atoms with Crippen molar-refractivity contribution >= 4 is 5.69 Å². The van der Waals surface area contributed by atoms with Crippen LogP contribution in [-0.2, 0) is 11.3 Å². The molecule has 1 aromatic heterocycles. The zero-order chi connectivity index (χ0) is 14.1. The summed E-state index contributed by atoms with van der Waals surface area (Å²) in [6, 6.07) is 2.72. The maximum atomic E-state index is 5.94. The summed E-state index contributed by atoms with van der Waals surface area (Å²) in [5.74, 6) is 0. The predicted molar refractivity (Wildman–Crippen MR) is 81.1 cm³/mol. The third-order valence-corrected chi connectivity index (χ3v) is 4.18. The van der Waals surface area contributed by atoms with E-state index in [4.69, 9.17) is 4.74 Å². The van der Waals surface area contributed by atoms with Gasteiger partial charge in [-0.3, -0.25) is 4.98 Å². The lowest BCUT2D eigenvalue weighted by molar-refractivity contribution is 0.0304. The average molecular weight is 275 g/mol. The number of fused-ring (bicyclic) bond motifs is 2. The van der Waals surface area contributed by atoms with E-state index in [2.05, 4.69) is 42.0 Å². The topological polar surface area (TPSA) is 37.4 Å². The van der Waals surface area contributed by atoms with Crippen LogP contribution in [0.2, 0.25) is 0 Å². The second-order valence-electron chi connectivity index (χ2n) is 6.35. The van der Waals surface area contributed by atoms with Crippen LogP contribution < -0.4 is 10.2 Å². The van der Waals surface area contributed by atoms with Crippen LogP contribution in [0.25, 0.3) is 0 Å². The van der Waals surface area contributed by atoms with Crippen LogP contribution >= 0.6 is 0 Å². The number of anilines is 1. The van der Waals surface area contributed by atoms with E-state index in [0.717, 1.165) is 25.3 Å². The van der Waals surface area contributed by atoms with Crippen molar-refractivity contribution in [2.75, 3.05) is 18.0 Å². The first kappa shape index (κ1) is 13.8. The molecule has 2 bridgehead atoms. The smallest absolute Gasteiger partial charge is 0.0755 e. The largest absolute Gasteiger partial charge is 0.371 e. The molecule has 4 heteroatoms.